The van der Waals surface area contributed by atoms with Gasteiger partial charge in [-0.3, -0.25) is 0 Å². The van der Waals surface area contributed by atoms with E-state index < -0.39 is 18.1 Å². The van der Waals surface area contributed by atoms with E-state index in [0.717, 1.165) is 10.0 Å². The molecule has 1 saturated heterocycles. The first-order chi connectivity index (χ1) is 15.4. The van der Waals surface area contributed by atoms with Gasteiger partial charge in [0.2, 0.25) is 0 Å². The Bertz CT molecular complexity index is 918. The van der Waals surface area contributed by atoms with Crippen LogP contribution < -0.4 is 4.46 Å². The third-order valence-corrected chi connectivity index (χ3v) is 8.33. The molecule has 0 radical (unpaired) electrons. The second-order valence-electron chi connectivity index (χ2n) is 8.14. The summed E-state index contributed by atoms with van der Waals surface area (Å²) in [5.41, 5.74) is 0.879. The van der Waals surface area contributed by atoms with Crippen molar-refractivity contribution in [2.75, 3.05) is 7.11 Å². The van der Waals surface area contributed by atoms with E-state index in [4.69, 9.17) is 9.47 Å². The summed E-state index contributed by atoms with van der Waals surface area (Å²) >= 11 is -0.151. The Kier molecular flexibility index (Phi) is 8.48. The molecule has 3 rings (SSSR count). The summed E-state index contributed by atoms with van der Waals surface area (Å²) in [4.78, 5) is 40.0. The molecule has 32 heavy (non-hydrogen) atoms. The molecule has 3 atom stereocenters. The molecule has 1 aliphatic rings. The van der Waals surface area contributed by atoms with E-state index in [9.17, 15) is 14.4 Å². The van der Waals surface area contributed by atoms with Crippen LogP contribution in [0.15, 0.2) is 60.7 Å². The van der Waals surface area contributed by atoms with Crippen molar-refractivity contribution >= 4 is 37.3 Å². The first kappa shape index (κ1) is 24.0. The zero-order valence-corrected chi connectivity index (χ0v) is 20.3. The number of methoxy groups -OCH3 is 1. The van der Waals surface area contributed by atoms with Crippen molar-refractivity contribution in [2.24, 2.45) is 5.92 Å². The third-order valence-electron chi connectivity index (χ3n) is 5.51. The van der Waals surface area contributed by atoms with Crippen molar-refractivity contribution in [3.63, 3.8) is 0 Å². The van der Waals surface area contributed by atoms with E-state index in [1.54, 1.807) is 4.90 Å². The third kappa shape index (κ3) is 5.99. The van der Waals surface area contributed by atoms with Gasteiger partial charge in [0.15, 0.2) is 0 Å². The summed E-state index contributed by atoms with van der Waals surface area (Å²) in [6, 6.07) is 18.4. The molecule has 170 valence electrons. The number of rotatable bonds is 7. The van der Waals surface area contributed by atoms with Gasteiger partial charge in [-0.25, -0.2) is 0 Å². The van der Waals surface area contributed by atoms with Gasteiger partial charge in [0.1, 0.15) is 0 Å². The van der Waals surface area contributed by atoms with Gasteiger partial charge in [-0.15, -0.1) is 0 Å². The van der Waals surface area contributed by atoms with Gasteiger partial charge in [0.25, 0.3) is 0 Å². The quantitative estimate of drug-likeness (QED) is 0.429. The molecular formula is C25H29NO5Se. The predicted molar refractivity (Wildman–Crippen MR) is 123 cm³/mol. The number of ether oxygens (including phenoxy) is 2. The van der Waals surface area contributed by atoms with E-state index in [1.165, 1.54) is 7.11 Å². The standard InChI is InChI=1S/C25H29NO5Se/c1-17(2)23-24(32-20-12-8-5-9-13-20)21(27)14-19(15-22(28)30-3)26(23)25(29)31-16-18-10-6-4-7-11-18/h4-13,17,19,23-24H,14-16H2,1-3H3/t19-,23-,24+/m0/s1. The molecule has 6 nitrogen and oxygen atoms in total. The monoisotopic (exact) mass is 503 g/mol. The fourth-order valence-electron chi connectivity index (χ4n) is 3.99. The molecule has 1 aliphatic heterocycles. The predicted octanol–water partition coefficient (Wildman–Crippen LogP) is 3.37. The number of amides is 1. The molecule has 2 aromatic rings. The number of carbonyl (C=O) groups excluding carboxylic acids is 3. The van der Waals surface area contributed by atoms with Gasteiger partial charge in [-0.05, 0) is 0 Å². The number of hydrogen-bond acceptors (Lipinski definition) is 5. The number of nitrogens with zero attached hydrogens (tertiary/aromatic N) is 1. The molecule has 1 heterocycles. The van der Waals surface area contributed by atoms with E-state index in [-0.39, 0.29) is 57.0 Å². The summed E-state index contributed by atoms with van der Waals surface area (Å²) in [5.74, 6) is -0.342. The van der Waals surface area contributed by atoms with Crippen molar-refractivity contribution in [2.45, 2.75) is 50.2 Å². The van der Waals surface area contributed by atoms with Crippen LogP contribution in [0, 0.1) is 5.92 Å². The normalized spacial score (nSPS) is 20.8. The van der Waals surface area contributed by atoms with Crippen LogP contribution in [0.4, 0.5) is 4.79 Å². The second-order valence-corrected chi connectivity index (χ2v) is 10.7. The zero-order valence-electron chi connectivity index (χ0n) is 18.6. The second kappa shape index (κ2) is 11.3. The van der Waals surface area contributed by atoms with Crippen molar-refractivity contribution in [1.29, 1.82) is 0 Å². The minimum atomic E-state index is -0.576. The van der Waals surface area contributed by atoms with Gasteiger partial charge >= 0.3 is 195 Å². The van der Waals surface area contributed by atoms with Crippen LogP contribution in [-0.4, -0.2) is 56.9 Å². The van der Waals surface area contributed by atoms with Crippen LogP contribution in [0.2, 0.25) is 4.82 Å². The van der Waals surface area contributed by atoms with Crippen molar-refractivity contribution in [3.8, 4) is 0 Å². The van der Waals surface area contributed by atoms with Crippen molar-refractivity contribution < 1.29 is 23.9 Å². The molecule has 0 aliphatic carbocycles. The Morgan fingerprint density at radius 1 is 1.06 bits per heavy atom. The Morgan fingerprint density at radius 2 is 1.69 bits per heavy atom. The fraction of sp³-hybridized carbons (Fsp3) is 0.400. The van der Waals surface area contributed by atoms with Gasteiger partial charge < -0.3 is 0 Å². The molecule has 1 fully saturated rings. The minimum absolute atomic E-state index is 0.0132. The summed E-state index contributed by atoms with van der Waals surface area (Å²) in [5, 5.41) is 0. The van der Waals surface area contributed by atoms with Crippen molar-refractivity contribution in [3.05, 3.63) is 66.2 Å². The number of likely N-dealkylation sites (tertiary alicyclic amines) is 1. The number of hydrogen-bond donors (Lipinski definition) is 0. The molecule has 0 aromatic heterocycles. The van der Waals surface area contributed by atoms with Crippen LogP contribution in [0.1, 0.15) is 32.3 Å². The van der Waals surface area contributed by atoms with Gasteiger partial charge in [-0.2, -0.15) is 0 Å². The summed E-state index contributed by atoms with van der Waals surface area (Å²) in [6.07, 6.45) is -0.405. The van der Waals surface area contributed by atoms with E-state index in [1.807, 2.05) is 74.5 Å². The molecule has 0 spiro atoms. The van der Waals surface area contributed by atoms with Crippen LogP contribution in [-0.2, 0) is 25.7 Å². The average Bonchev–Trinajstić information content (AvgIpc) is 2.80. The topological polar surface area (TPSA) is 72.9 Å². The molecule has 2 aromatic carbocycles. The Labute approximate surface area is 195 Å². The maximum atomic E-state index is 13.3. The molecule has 0 bridgehead atoms. The molecule has 0 N–H and O–H groups in total. The summed E-state index contributed by atoms with van der Waals surface area (Å²) in [6.45, 7) is 4.14. The van der Waals surface area contributed by atoms with Crippen LogP contribution in [0.5, 0.6) is 0 Å². The van der Waals surface area contributed by atoms with Gasteiger partial charge in [0, 0.05) is 0 Å². The number of ketones is 1. The number of esters is 1. The first-order valence-electron chi connectivity index (χ1n) is 10.7. The zero-order chi connectivity index (χ0) is 23.1. The molecular weight excluding hydrogens is 473 g/mol. The average molecular weight is 502 g/mol. The summed E-state index contributed by atoms with van der Waals surface area (Å²) in [7, 11) is 1.31. The number of benzene rings is 2. The van der Waals surface area contributed by atoms with E-state index >= 15 is 0 Å². The van der Waals surface area contributed by atoms with Crippen LogP contribution in [0.3, 0.4) is 0 Å². The Morgan fingerprint density at radius 3 is 2.28 bits per heavy atom. The maximum absolute atomic E-state index is 13.3. The van der Waals surface area contributed by atoms with Gasteiger partial charge in [-0.1, -0.05) is 0 Å². The van der Waals surface area contributed by atoms with Gasteiger partial charge in [0.05, 0.1) is 0 Å². The first-order valence-corrected chi connectivity index (χ1v) is 12.6. The summed E-state index contributed by atoms with van der Waals surface area (Å²) < 4.78 is 11.6. The van der Waals surface area contributed by atoms with Crippen molar-refractivity contribution in [1.82, 2.24) is 4.90 Å². The Hall–Kier alpha value is -2.63. The van der Waals surface area contributed by atoms with E-state index in [0.29, 0.717) is 0 Å². The Balaban J connectivity index is 1.88. The SMILES string of the molecule is COC(=O)C[C@@H]1CC(=O)[C@@H]([Se]c2ccccc2)[C@H](C(C)C)N1C(=O)OCc1ccccc1. The molecule has 0 saturated carbocycles. The number of carbonyl (C=O) groups is 3. The molecule has 1 amide bonds. The molecule has 0 unspecified atom stereocenters. The number of piperidine rings is 1. The number of Topliss-reactive ketones (excluding diaryl/α,β-unsaturated/α-hetero) is 1. The van der Waals surface area contributed by atoms with Crippen LogP contribution >= 0.6 is 0 Å². The molecule has 7 heteroatoms. The van der Waals surface area contributed by atoms with E-state index in [2.05, 4.69) is 0 Å². The van der Waals surface area contributed by atoms with Crippen LogP contribution in [0.25, 0.3) is 0 Å². The fourth-order valence-corrected chi connectivity index (χ4v) is 6.97.